The van der Waals surface area contributed by atoms with Gasteiger partial charge in [0.15, 0.2) is 0 Å². The lowest BCUT2D eigenvalue weighted by Gasteiger charge is -2.02. The summed E-state index contributed by atoms with van der Waals surface area (Å²) in [5.74, 6) is 0. The van der Waals surface area contributed by atoms with Gasteiger partial charge in [0.1, 0.15) is 0 Å². The molecule has 0 aliphatic rings. The summed E-state index contributed by atoms with van der Waals surface area (Å²) in [5, 5.41) is 1.26. The number of hydrogen-bond acceptors (Lipinski definition) is 1. The fourth-order valence-electron chi connectivity index (χ4n) is 1.15. The molecule has 1 aromatic carbocycles. The Morgan fingerprint density at radius 3 is 2.07 bits per heavy atom. The van der Waals surface area contributed by atoms with Gasteiger partial charge in [-0.2, -0.15) is 0 Å². The monoisotopic (exact) mass is 246 g/mol. The van der Waals surface area contributed by atoms with Crippen molar-refractivity contribution in [1.29, 1.82) is 0 Å². The molecule has 0 bridgehead atoms. The van der Waals surface area contributed by atoms with Crippen LogP contribution >= 0.6 is 34.8 Å². The van der Waals surface area contributed by atoms with Crippen LogP contribution < -0.4 is 0 Å². The van der Waals surface area contributed by atoms with Crippen molar-refractivity contribution in [1.82, 2.24) is 0 Å². The highest BCUT2D eigenvalue weighted by Crippen LogP contribution is 2.34. The van der Waals surface area contributed by atoms with E-state index in [0.29, 0.717) is 15.1 Å². The normalized spacial score (nSPS) is 10.5. The predicted octanol–water partition coefficient (Wildman–Crippen LogP) is 4.91. The van der Waals surface area contributed by atoms with Crippen LogP contribution in [-0.4, -0.2) is 0 Å². The zero-order valence-electron chi connectivity index (χ0n) is 6.93. The van der Waals surface area contributed by atoms with Gasteiger partial charge in [-0.15, -0.1) is 0 Å². The summed E-state index contributed by atoms with van der Waals surface area (Å²) in [6, 6.07) is 5.33. The molecule has 0 fully saturated rings. The third-order valence-electron chi connectivity index (χ3n) is 1.84. The number of benzene rings is 1. The van der Waals surface area contributed by atoms with Crippen LogP contribution in [0.2, 0.25) is 15.1 Å². The Balaban J connectivity index is 2.57. The average Bonchev–Trinajstić information content (AvgIpc) is 2.66. The standard InChI is InChI=1S/C10H5Cl3O/c11-8-3-7(4-9(12)10(8)13)6-1-2-14-5-6/h1-5H. The maximum atomic E-state index is 5.89. The van der Waals surface area contributed by atoms with Gasteiger partial charge in [-0.25, -0.2) is 0 Å². The first-order valence-electron chi connectivity index (χ1n) is 3.85. The predicted molar refractivity (Wildman–Crippen MR) is 59.2 cm³/mol. The van der Waals surface area contributed by atoms with Crippen molar-refractivity contribution in [3.8, 4) is 11.1 Å². The maximum Gasteiger partial charge on any atom is 0.0980 e. The third kappa shape index (κ3) is 1.76. The van der Waals surface area contributed by atoms with Crippen LogP contribution in [-0.2, 0) is 0 Å². The van der Waals surface area contributed by atoms with Crippen molar-refractivity contribution in [3.05, 3.63) is 45.8 Å². The molecule has 72 valence electrons. The first kappa shape index (κ1) is 9.91. The van der Waals surface area contributed by atoms with Crippen LogP contribution in [0.5, 0.6) is 0 Å². The van der Waals surface area contributed by atoms with Crippen LogP contribution in [0.25, 0.3) is 11.1 Å². The maximum absolute atomic E-state index is 5.89. The molecule has 0 saturated heterocycles. The molecule has 0 aliphatic carbocycles. The Hall–Kier alpha value is -0.630. The lowest BCUT2D eigenvalue weighted by atomic mass is 10.1. The van der Waals surface area contributed by atoms with E-state index in [9.17, 15) is 0 Å². The van der Waals surface area contributed by atoms with Crippen molar-refractivity contribution in [2.45, 2.75) is 0 Å². The zero-order valence-corrected chi connectivity index (χ0v) is 9.20. The van der Waals surface area contributed by atoms with E-state index in [4.69, 9.17) is 39.2 Å². The van der Waals surface area contributed by atoms with E-state index in [-0.39, 0.29) is 0 Å². The van der Waals surface area contributed by atoms with Crippen molar-refractivity contribution in [3.63, 3.8) is 0 Å². The van der Waals surface area contributed by atoms with E-state index < -0.39 is 0 Å². The molecule has 0 spiro atoms. The molecule has 0 N–H and O–H groups in total. The van der Waals surface area contributed by atoms with Crippen LogP contribution in [0.3, 0.4) is 0 Å². The molecule has 0 radical (unpaired) electrons. The Morgan fingerprint density at radius 1 is 0.929 bits per heavy atom. The summed E-state index contributed by atoms with van der Waals surface area (Å²) >= 11 is 17.6. The lowest BCUT2D eigenvalue weighted by molar-refractivity contribution is 0.568. The Morgan fingerprint density at radius 2 is 1.57 bits per heavy atom. The summed E-state index contributed by atoms with van der Waals surface area (Å²) in [5.41, 5.74) is 1.81. The third-order valence-corrected chi connectivity index (χ3v) is 3.04. The number of hydrogen-bond donors (Lipinski definition) is 0. The molecule has 0 unspecified atom stereocenters. The minimum Gasteiger partial charge on any atom is -0.472 e. The number of rotatable bonds is 1. The molecule has 0 aliphatic heterocycles. The summed E-state index contributed by atoms with van der Waals surface area (Å²) in [6.07, 6.45) is 3.21. The quantitative estimate of drug-likeness (QED) is 0.653. The van der Waals surface area contributed by atoms with E-state index in [1.807, 2.05) is 6.07 Å². The minimum atomic E-state index is 0.376. The Bertz CT molecular complexity index is 425. The highest BCUT2D eigenvalue weighted by Gasteiger charge is 2.07. The first-order chi connectivity index (χ1) is 6.68. The van der Waals surface area contributed by atoms with Gasteiger partial charge in [0.05, 0.1) is 27.6 Å². The van der Waals surface area contributed by atoms with Gasteiger partial charge >= 0.3 is 0 Å². The fraction of sp³-hybridized carbons (Fsp3) is 0. The largest absolute Gasteiger partial charge is 0.472 e. The van der Waals surface area contributed by atoms with Gasteiger partial charge in [-0.05, 0) is 23.8 Å². The first-order valence-corrected chi connectivity index (χ1v) is 4.99. The van der Waals surface area contributed by atoms with Crippen molar-refractivity contribution in [2.24, 2.45) is 0 Å². The van der Waals surface area contributed by atoms with Gasteiger partial charge in [0, 0.05) is 5.56 Å². The van der Waals surface area contributed by atoms with E-state index in [2.05, 4.69) is 0 Å². The second kappa shape index (κ2) is 3.85. The van der Waals surface area contributed by atoms with Crippen LogP contribution in [0.15, 0.2) is 35.1 Å². The van der Waals surface area contributed by atoms with Crippen LogP contribution in [0, 0.1) is 0 Å². The van der Waals surface area contributed by atoms with Gasteiger partial charge in [-0.1, -0.05) is 34.8 Å². The van der Waals surface area contributed by atoms with Crippen LogP contribution in [0.4, 0.5) is 0 Å². The molecular weight excluding hydrogens is 242 g/mol. The van der Waals surface area contributed by atoms with Gasteiger partial charge < -0.3 is 4.42 Å². The smallest absolute Gasteiger partial charge is 0.0980 e. The van der Waals surface area contributed by atoms with Crippen molar-refractivity contribution >= 4 is 34.8 Å². The summed E-state index contributed by atoms with van der Waals surface area (Å²) < 4.78 is 4.96. The average molecular weight is 248 g/mol. The molecule has 1 aromatic heterocycles. The molecule has 2 rings (SSSR count). The molecule has 1 heterocycles. The molecule has 4 heteroatoms. The van der Waals surface area contributed by atoms with Crippen molar-refractivity contribution < 1.29 is 4.42 Å². The second-order valence-corrected chi connectivity index (χ2v) is 3.96. The second-order valence-electron chi connectivity index (χ2n) is 2.77. The van der Waals surface area contributed by atoms with Crippen molar-refractivity contribution in [2.75, 3.05) is 0 Å². The van der Waals surface area contributed by atoms with E-state index in [0.717, 1.165) is 11.1 Å². The summed E-state index contributed by atoms with van der Waals surface area (Å²) in [6.45, 7) is 0. The van der Waals surface area contributed by atoms with Gasteiger partial charge in [-0.3, -0.25) is 0 Å². The molecule has 2 aromatic rings. The Labute approximate surface area is 96.2 Å². The molecular formula is C10H5Cl3O. The summed E-state index contributed by atoms with van der Waals surface area (Å²) in [4.78, 5) is 0. The summed E-state index contributed by atoms with van der Waals surface area (Å²) in [7, 11) is 0. The topological polar surface area (TPSA) is 13.1 Å². The van der Waals surface area contributed by atoms with Gasteiger partial charge in [0.25, 0.3) is 0 Å². The highest BCUT2D eigenvalue weighted by molar-refractivity contribution is 6.48. The lowest BCUT2D eigenvalue weighted by Crippen LogP contribution is -1.77. The molecule has 1 nitrogen and oxygen atoms in total. The molecule has 0 atom stereocenters. The number of halogens is 3. The fourth-order valence-corrected chi connectivity index (χ4v) is 1.75. The Kier molecular flexibility index (Phi) is 2.73. The zero-order chi connectivity index (χ0) is 10.1. The highest BCUT2D eigenvalue weighted by atomic mass is 35.5. The minimum absolute atomic E-state index is 0.376. The van der Waals surface area contributed by atoms with E-state index in [1.165, 1.54) is 0 Å². The molecule has 0 saturated carbocycles. The van der Waals surface area contributed by atoms with Gasteiger partial charge in [0.2, 0.25) is 0 Å². The SMILES string of the molecule is Clc1cc(-c2ccoc2)cc(Cl)c1Cl. The number of furan rings is 1. The molecule has 0 amide bonds. The van der Waals surface area contributed by atoms with E-state index in [1.54, 1.807) is 24.7 Å². The van der Waals surface area contributed by atoms with E-state index >= 15 is 0 Å². The molecule has 14 heavy (non-hydrogen) atoms. The van der Waals surface area contributed by atoms with Crippen LogP contribution in [0.1, 0.15) is 0 Å².